The van der Waals surface area contributed by atoms with Gasteiger partial charge in [0.2, 0.25) is 0 Å². The lowest BCUT2D eigenvalue weighted by Gasteiger charge is -2.25. The van der Waals surface area contributed by atoms with E-state index in [4.69, 9.17) is 4.84 Å². The summed E-state index contributed by atoms with van der Waals surface area (Å²) in [6, 6.07) is 9.06. The number of amides is 2. The summed E-state index contributed by atoms with van der Waals surface area (Å²) in [6.45, 7) is 4.45. The van der Waals surface area contributed by atoms with Crippen molar-refractivity contribution < 1.29 is 14.4 Å². The number of thioether (sulfide) groups is 1. The van der Waals surface area contributed by atoms with Crippen LogP contribution in [0.25, 0.3) is 0 Å². The van der Waals surface area contributed by atoms with Crippen LogP contribution in [0.4, 0.5) is 4.79 Å². The molecule has 1 aromatic rings. The van der Waals surface area contributed by atoms with Crippen molar-refractivity contribution >= 4 is 40.9 Å². The quantitative estimate of drug-likeness (QED) is 0.146. The first-order chi connectivity index (χ1) is 12.5. The zero-order valence-electron chi connectivity index (χ0n) is 15.8. The minimum Gasteiger partial charge on any atom is -0.296 e. The number of carbonyl (C=O) groups excluding carboxylic acids is 2. The van der Waals surface area contributed by atoms with Gasteiger partial charge in [0.05, 0.1) is 12.1 Å². The first-order valence-corrected chi connectivity index (χ1v) is 10.5. The molecule has 0 fully saturated rings. The molecule has 144 valence electrons. The second-order valence-corrected chi connectivity index (χ2v) is 7.74. The van der Waals surface area contributed by atoms with Crippen molar-refractivity contribution in [3.05, 3.63) is 35.9 Å². The molecule has 1 aromatic carbocycles. The normalized spacial score (nSPS) is 11.2. The third-order valence-corrected chi connectivity index (χ3v) is 5.09. The summed E-state index contributed by atoms with van der Waals surface area (Å²) >= 11 is 2.43. The molecule has 0 saturated heterocycles. The summed E-state index contributed by atoms with van der Waals surface area (Å²) in [7, 11) is 1.56. The molecule has 0 aliphatic carbocycles. The lowest BCUT2D eigenvalue weighted by molar-refractivity contribution is 0.0865. The van der Waals surface area contributed by atoms with Gasteiger partial charge in [-0.25, -0.2) is 9.10 Å². The molecule has 0 aliphatic rings. The van der Waals surface area contributed by atoms with Crippen molar-refractivity contribution in [1.82, 2.24) is 8.61 Å². The molecule has 0 radical (unpaired) electrons. The molecule has 2 amide bonds. The van der Waals surface area contributed by atoms with Gasteiger partial charge < -0.3 is 0 Å². The Morgan fingerprint density at radius 1 is 1.15 bits per heavy atom. The van der Waals surface area contributed by atoms with Crippen molar-refractivity contribution in [3.63, 3.8) is 0 Å². The van der Waals surface area contributed by atoms with Gasteiger partial charge in [-0.3, -0.25) is 13.9 Å². The van der Waals surface area contributed by atoms with E-state index in [1.54, 1.807) is 30.4 Å². The van der Waals surface area contributed by atoms with Crippen LogP contribution in [0.1, 0.15) is 49.9 Å². The van der Waals surface area contributed by atoms with E-state index >= 15 is 0 Å². The molecule has 0 unspecified atom stereocenters. The third kappa shape index (κ3) is 8.14. The second kappa shape index (κ2) is 12.6. The maximum atomic E-state index is 12.8. The summed E-state index contributed by atoms with van der Waals surface area (Å²) in [5, 5.41) is 4.38. The van der Waals surface area contributed by atoms with Crippen LogP contribution in [0.2, 0.25) is 0 Å². The Bertz CT molecular complexity index is 597. The Morgan fingerprint density at radius 2 is 1.85 bits per heavy atom. The van der Waals surface area contributed by atoms with E-state index < -0.39 is 6.09 Å². The van der Waals surface area contributed by atoms with Gasteiger partial charge in [-0.1, -0.05) is 49.5 Å². The van der Waals surface area contributed by atoms with E-state index in [-0.39, 0.29) is 5.91 Å². The topological polar surface area (TPSA) is 62.2 Å². The number of oxime groups is 1. The average Bonchev–Trinajstić information content (AvgIpc) is 2.67. The molecule has 0 heterocycles. The molecule has 6 nitrogen and oxygen atoms in total. The highest BCUT2D eigenvalue weighted by Crippen LogP contribution is 2.20. The van der Waals surface area contributed by atoms with Crippen LogP contribution >= 0.6 is 23.9 Å². The Labute approximate surface area is 164 Å². The van der Waals surface area contributed by atoms with Crippen LogP contribution in [0.5, 0.6) is 0 Å². The summed E-state index contributed by atoms with van der Waals surface area (Å²) in [6.07, 6.45) is 5.40. The summed E-state index contributed by atoms with van der Waals surface area (Å²) < 4.78 is 2.87. The van der Waals surface area contributed by atoms with Crippen LogP contribution in [0.3, 0.4) is 0 Å². The highest BCUT2D eigenvalue weighted by Gasteiger charge is 2.22. The monoisotopic (exact) mass is 397 g/mol. The number of hydrogen-bond donors (Lipinski definition) is 0. The maximum Gasteiger partial charge on any atom is 0.447 e. The van der Waals surface area contributed by atoms with Crippen LogP contribution in [0.15, 0.2) is 35.5 Å². The summed E-state index contributed by atoms with van der Waals surface area (Å²) in [5.41, 5.74) is 0.591. The minimum atomic E-state index is -0.622. The fraction of sp³-hybridized carbons (Fsp3) is 0.500. The van der Waals surface area contributed by atoms with Crippen molar-refractivity contribution in [1.29, 1.82) is 0 Å². The standard InChI is InChI=1S/C18H27N3O3S2/c1-5-6-7-11-14-21(17(22)16-12-9-8-10-13-16)26-20(3)18(23)24-19-15(2)25-4/h8-10,12-13H,5-7,11,14H2,1-4H3/b19-15+. The molecule has 0 saturated carbocycles. The Kier molecular flexibility index (Phi) is 10.9. The molecule has 0 atom stereocenters. The number of nitrogens with zero attached hydrogens (tertiary/aromatic N) is 3. The van der Waals surface area contributed by atoms with Gasteiger partial charge in [0, 0.05) is 19.2 Å². The van der Waals surface area contributed by atoms with Crippen molar-refractivity contribution in [3.8, 4) is 0 Å². The molecule has 8 heteroatoms. The van der Waals surface area contributed by atoms with Crippen molar-refractivity contribution in [2.75, 3.05) is 19.8 Å². The predicted molar refractivity (Wildman–Crippen MR) is 110 cm³/mol. The third-order valence-electron chi connectivity index (χ3n) is 3.49. The minimum absolute atomic E-state index is 0.129. The van der Waals surface area contributed by atoms with Gasteiger partial charge in [0.15, 0.2) is 0 Å². The molecule has 0 spiro atoms. The van der Waals surface area contributed by atoms with E-state index in [9.17, 15) is 9.59 Å². The van der Waals surface area contributed by atoms with Crippen LogP contribution in [-0.2, 0) is 4.84 Å². The predicted octanol–water partition coefficient (Wildman–Crippen LogP) is 5.04. The Balaban J connectivity index is 2.74. The van der Waals surface area contributed by atoms with E-state index in [0.717, 1.165) is 37.8 Å². The fourth-order valence-electron chi connectivity index (χ4n) is 1.97. The Hall–Kier alpha value is -1.67. The van der Waals surface area contributed by atoms with Gasteiger partial charge in [-0.2, -0.15) is 0 Å². The van der Waals surface area contributed by atoms with Crippen LogP contribution < -0.4 is 0 Å². The molecular weight excluding hydrogens is 370 g/mol. The number of carbonyl (C=O) groups is 2. The molecule has 0 aliphatic heterocycles. The summed E-state index contributed by atoms with van der Waals surface area (Å²) in [5.74, 6) is -0.129. The summed E-state index contributed by atoms with van der Waals surface area (Å²) in [4.78, 5) is 29.7. The molecule has 0 aromatic heterocycles. The van der Waals surface area contributed by atoms with Gasteiger partial charge in [0.25, 0.3) is 5.91 Å². The number of rotatable bonds is 9. The average molecular weight is 398 g/mol. The zero-order valence-corrected chi connectivity index (χ0v) is 17.4. The first kappa shape index (κ1) is 22.4. The first-order valence-electron chi connectivity index (χ1n) is 8.57. The molecule has 1 rings (SSSR count). The molecule has 26 heavy (non-hydrogen) atoms. The van der Waals surface area contributed by atoms with E-state index in [1.807, 2.05) is 24.5 Å². The van der Waals surface area contributed by atoms with Crippen LogP contribution in [0, 0.1) is 0 Å². The van der Waals surface area contributed by atoms with E-state index in [0.29, 0.717) is 17.2 Å². The maximum absolute atomic E-state index is 12.8. The second-order valence-electron chi connectivity index (χ2n) is 5.58. The van der Waals surface area contributed by atoms with Crippen molar-refractivity contribution in [2.24, 2.45) is 5.16 Å². The number of hydrogen-bond acceptors (Lipinski definition) is 6. The van der Waals surface area contributed by atoms with Gasteiger partial charge in [-0.15, -0.1) is 11.8 Å². The number of benzene rings is 1. The van der Waals surface area contributed by atoms with Crippen molar-refractivity contribution in [2.45, 2.75) is 39.5 Å². The largest absolute Gasteiger partial charge is 0.447 e. The van der Waals surface area contributed by atoms with E-state index in [2.05, 4.69) is 12.1 Å². The lowest BCUT2D eigenvalue weighted by atomic mass is 10.2. The molecule has 0 N–H and O–H groups in total. The smallest absolute Gasteiger partial charge is 0.296 e. The molecule has 0 bridgehead atoms. The van der Waals surface area contributed by atoms with Gasteiger partial charge in [0.1, 0.15) is 5.04 Å². The zero-order chi connectivity index (χ0) is 19.4. The van der Waals surface area contributed by atoms with Gasteiger partial charge >= 0.3 is 6.09 Å². The SMILES string of the molecule is CCCCCCN(SN(C)C(=O)O/N=C(\C)SC)C(=O)c1ccccc1. The lowest BCUT2D eigenvalue weighted by Crippen LogP contribution is -2.32. The van der Waals surface area contributed by atoms with Gasteiger partial charge in [-0.05, 0) is 31.7 Å². The number of unbranched alkanes of at least 4 members (excludes halogenated alkanes) is 3. The van der Waals surface area contributed by atoms with E-state index in [1.165, 1.54) is 16.1 Å². The van der Waals surface area contributed by atoms with Crippen LogP contribution in [-0.4, -0.2) is 45.5 Å². The highest BCUT2D eigenvalue weighted by atomic mass is 32.2. The highest BCUT2D eigenvalue weighted by molar-refractivity contribution is 8.13. The Morgan fingerprint density at radius 3 is 2.46 bits per heavy atom. The molecular formula is C18H27N3O3S2. The fourth-order valence-corrected chi connectivity index (χ4v) is 2.86.